The maximum Gasteiger partial charge on any atom is 0.182 e. The summed E-state index contributed by atoms with van der Waals surface area (Å²) >= 11 is 0. The maximum absolute atomic E-state index is 12.5. The van der Waals surface area contributed by atoms with Crippen LogP contribution in [0.1, 0.15) is 58.5 Å². The molecular formula is C18H26N6OS. The minimum atomic E-state index is -1.05. The van der Waals surface area contributed by atoms with Crippen molar-refractivity contribution in [2.45, 2.75) is 69.2 Å². The fourth-order valence-electron chi connectivity index (χ4n) is 3.18. The number of nitrogens with one attached hydrogen (secondary N) is 2. The van der Waals surface area contributed by atoms with Gasteiger partial charge in [0.25, 0.3) is 0 Å². The number of fused-ring (bicyclic) bond motifs is 1. The third-order valence-corrected chi connectivity index (χ3v) is 6.37. The molecule has 1 saturated carbocycles. The first-order valence-corrected chi connectivity index (χ1v) is 10.3. The number of aryl methyl sites for hydroxylation is 1. The first-order valence-electron chi connectivity index (χ1n) is 8.98. The highest BCUT2D eigenvalue weighted by molar-refractivity contribution is 7.85. The lowest BCUT2D eigenvalue weighted by molar-refractivity contribution is 0.286. The molecule has 0 spiro atoms. The third kappa shape index (κ3) is 3.73. The number of aliphatic imine (C=N–C) groups is 1. The Labute approximate surface area is 157 Å². The number of aromatic nitrogens is 2. The molecule has 1 unspecified atom stereocenters. The maximum atomic E-state index is 12.5. The van der Waals surface area contributed by atoms with Gasteiger partial charge in [-0.25, -0.2) is 9.97 Å². The lowest BCUT2D eigenvalue weighted by Gasteiger charge is -2.42. The quantitative estimate of drug-likeness (QED) is 0.363. The lowest BCUT2D eigenvalue weighted by atomic mass is 9.76. The lowest BCUT2D eigenvalue weighted by Crippen LogP contribution is -2.48. The molecular weight excluding hydrogens is 348 g/mol. The van der Waals surface area contributed by atoms with Crippen molar-refractivity contribution in [2.75, 3.05) is 17.6 Å². The topological polar surface area (TPSA) is 103 Å². The van der Waals surface area contributed by atoms with Crippen LogP contribution in [-0.4, -0.2) is 37.8 Å². The summed E-state index contributed by atoms with van der Waals surface area (Å²) in [5.74, 6) is 2.70. The van der Waals surface area contributed by atoms with E-state index in [1.807, 2.05) is 6.19 Å². The zero-order chi connectivity index (χ0) is 18.9. The van der Waals surface area contributed by atoms with Gasteiger partial charge in [0.1, 0.15) is 22.4 Å². The van der Waals surface area contributed by atoms with Crippen LogP contribution in [0.4, 0.5) is 5.82 Å². The van der Waals surface area contributed by atoms with Crippen LogP contribution in [-0.2, 0) is 22.6 Å². The fraction of sp³-hybridized carbons (Fsp3) is 0.667. The molecule has 0 saturated heterocycles. The second kappa shape index (κ2) is 6.95. The SMILES string of the molecule is CC(=NCC1(Nc2nc(C(C)(C)C)nc3c2S(=O)CC3)CCC1)NC#N. The van der Waals surface area contributed by atoms with Gasteiger partial charge in [0, 0.05) is 17.6 Å². The van der Waals surface area contributed by atoms with Crippen LogP contribution < -0.4 is 10.6 Å². The minimum Gasteiger partial charge on any atom is -0.362 e. The molecule has 1 aromatic heterocycles. The van der Waals surface area contributed by atoms with Crippen LogP contribution in [0.3, 0.4) is 0 Å². The molecule has 1 atom stereocenters. The Kier molecular flexibility index (Phi) is 5.02. The average Bonchev–Trinajstić information content (AvgIpc) is 2.91. The van der Waals surface area contributed by atoms with Gasteiger partial charge in [-0.3, -0.25) is 14.5 Å². The minimum absolute atomic E-state index is 0.173. The standard InChI is InChI=1S/C18H26N6OS/c1-12(21-11-19)20-10-18(7-5-8-18)24-15-14-13(6-9-26(14)25)22-16(23-15)17(2,3)4/h5-10H2,1-4H3,(H,20,21)(H,22,23,24). The summed E-state index contributed by atoms with van der Waals surface area (Å²) in [6, 6.07) is 0. The van der Waals surface area contributed by atoms with E-state index >= 15 is 0 Å². The zero-order valence-corrected chi connectivity index (χ0v) is 16.7. The first kappa shape index (κ1) is 18.8. The van der Waals surface area contributed by atoms with E-state index in [-0.39, 0.29) is 11.0 Å². The van der Waals surface area contributed by atoms with Crippen LogP contribution in [0, 0.1) is 11.5 Å². The van der Waals surface area contributed by atoms with Gasteiger partial charge in [-0.2, -0.15) is 5.26 Å². The molecule has 7 nitrogen and oxygen atoms in total. The van der Waals surface area contributed by atoms with Crippen LogP contribution in [0.25, 0.3) is 0 Å². The smallest absolute Gasteiger partial charge is 0.182 e. The first-order chi connectivity index (χ1) is 12.2. The molecule has 1 aliphatic carbocycles. The van der Waals surface area contributed by atoms with Crippen LogP contribution in [0.15, 0.2) is 9.89 Å². The van der Waals surface area contributed by atoms with Crippen molar-refractivity contribution in [3.05, 3.63) is 11.5 Å². The van der Waals surface area contributed by atoms with Crippen molar-refractivity contribution in [1.82, 2.24) is 15.3 Å². The second-order valence-corrected chi connectivity index (χ2v) is 9.63. The van der Waals surface area contributed by atoms with Crippen LogP contribution >= 0.6 is 0 Å². The van der Waals surface area contributed by atoms with Crippen molar-refractivity contribution < 1.29 is 4.21 Å². The Morgan fingerprint density at radius 3 is 2.69 bits per heavy atom. The molecule has 2 aliphatic rings. The van der Waals surface area contributed by atoms with Crippen molar-refractivity contribution in [1.29, 1.82) is 5.26 Å². The predicted molar refractivity (Wildman–Crippen MR) is 103 cm³/mol. The van der Waals surface area contributed by atoms with Crippen LogP contribution in [0.2, 0.25) is 0 Å². The summed E-state index contributed by atoms with van der Waals surface area (Å²) < 4.78 is 12.5. The van der Waals surface area contributed by atoms with Gasteiger partial charge >= 0.3 is 0 Å². The van der Waals surface area contributed by atoms with Crippen molar-refractivity contribution in [3.63, 3.8) is 0 Å². The van der Waals surface area contributed by atoms with Gasteiger partial charge in [0.2, 0.25) is 0 Å². The number of hydrogen-bond acceptors (Lipinski definition) is 6. The molecule has 26 heavy (non-hydrogen) atoms. The summed E-state index contributed by atoms with van der Waals surface area (Å²) in [5, 5.41) is 14.8. The van der Waals surface area contributed by atoms with E-state index < -0.39 is 10.8 Å². The normalized spacial score (nSPS) is 21.5. The molecule has 2 N–H and O–H groups in total. The number of nitrogens with zero attached hydrogens (tertiary/aromatic N) is 4. The monoisotopic (exact) mass is 374 g/mol. The Balaban J connectivity index is 1.93. The van der Waals surface area contributed by atoms with Crippen LogP contribution in [0.5, 0.6) is 0 Å². The summed E-state index contributed by atoms with van der Waals surface area (Å²) in [5.41, 5.74) is 0.544. The van der Waals surface area contributed by atoms with Crippen molar-refractivity contribution in [3.8, 4) is 6.19 Å². The van der Waals surface area contributed by atoms with Gasteiger partial charge in [-0.05, 0) is 26.2 Å². The largest absolute Gasteiger partial charge is 0.362 e. The molecule has 1 aromatic rings. The fourth-order valence-corrected chi connectivity index (χ4v) is 4.49. The van der Waals surface area contributed by atoms with Gasteiger partial charge < -0.3 is 5.32 Å². The summed E-state index contributed by atoms with van der Waals surface area (Å²) in [4.78, 5) is 14.7. The summed E-state index contributed by atoms with van der Waals surface area (Å²) in [7, 11) is -1.05. The van der Waals surface area contributed by atoms with Gasteiger partial charge in [-0.15, -0.1) is 0 Å². The Morgan fingerprint density at radius 1 is 1.38 bits per heavy atom. The number of amidine groups is 1. The van der Waals surface area contributed by atoms with E-state index in [2.05, 4.69) is 36.4 Å². The summed E-state index contributed by atoms with van der Waals surface area (Å²) in [6.07, 6.45) is 5.70. The third-order valence-electron chi connectivity index (χ3n) is 4.91. The highest BCUT2D eigenvalue weighted by Crippen LogP contribution is 2.39. The number of anilines is 1. The van der Waals surface area contributed by atoms with E-state index in [1.165, 1.54) is 0 Å². The van der Waals surface area contributed by atoms with E-state index in [9.17, 15) is 4.21 Å². The zero-order valence-electron chi connectivity index (χ0n) is 15.8. The number of hydrogen-bond donors (Lipinski definition) is 2. The molecule has 0 amide bonds. The molecule has 140 valence electrons. The Morgan fingerprint density at radius 2 is 2.12 bits per heavy atom. The van der Waals surface area contributed by atoms with Gasteiger partial charge in [0.15, 0.2) is 6.19 Å². The van der Waals surface area contributed by atoms with E-state index in [1.54, 1.807) is 6.92 Å². The number of rotatable bonds is 4. The van der Waals surface area contributed by atoms with E-state index in [4.69, 9.17) is 15.2 Å². The van der Waals surface area contributed by atoms with Gasteiger partial charge in [-0.1, -0.05) is 20.8 Å². The molecule has 3 rings (SSSR count). The Hall–Kier alpha value is -2.01. The second-order valence-electron chi connectivity index (χ2n) is 8.12. The molecule has 0 bridgehead atoms. The Bertz CT molecular complexity index is 801. The highest BCUT2D eigenvalue weighted by Gasteiger charge is 2.39. The van der Waals surface area contributed by atoms with E-state index in [0.717, 1.165) is 42.1 Å². The average molecular weight is 375 g/mol. The number of nitriles is 1. The molecule has 0 aromatic carbocycles. The molecule has 8 heteroatoms. The van der Waals surface area contributed by atoms with Crippen molar-refractivity contribution in [2.24, 2.45) is 4.99 Å². The molecule has 0 radical (unpaired) electrons. The molecule has 1 aliphatic heterocycles. The summed E-state index contributed by atoms with van der Waals surface area (Å²) in [6.45, 7) is 8.61. The van der Waals surface area contributed by atoms with Gasteiger partial charge in [0.05, 0.1) is 28.6 Å². The van der Waals surface area contributed by atoms with Crippen molar-refractivity contribution >= 4 is 22.5 Å². The molecule has 2 heterocycles. The molecule has 1 fully saturated rings. The predicted octanol–water partition coefficient (Wildman–Crippen LogP) is 2.26. The van der Waals surface area contributed by atoms with E-state index in [0.29, 0.717) is 24.0 Å². The highest BCUT2D eigenvalue weighted by atomic mass is 32.2.